The second-order valence-corrected chi connectivity index (χ2v) is 2.59. The van der Waals surface area contributed by atoms with Crippen molar-refractivity contribution in [1.82, 2.24) is 0 Å². The molecular formula is C9H14O2. The Bertz CT molecular complexity index is 155. The summed E-state index contributed by atoms with van der Waals surface area (Å²) in [6, 6.07) is 0. The van der Waals surface area contributed by atoms with Crippen LogP contribution < -0.4 is 0 Å². The van der Waals surface area contributed by atoms with E-state index in [-0.39, 0.29) is 6.10 Å². The van der Waals surface area contributed by atoms with Crippen LogP contribution in [0.15, 0.2) is 25.3 Å². The molecule has 0 spiro atoms. The van der Waals surface area contributed by atoms with Crippen molar-refractivity contribution in [2.24, 2.45) is 0 Å². The molecule has 0 aromatic heterocycles. The van der Waals surface area contributed by atoms with Gasteiger partial charge in [0.05, 0.1) is 12.7 Å². The molecule has 0 aromatic rings. The minimum absolute atomic E-state index is 0.186. The van der Waals surface area contributed by atoms with Crippen molar-refractivity contribution in [1.29, 1.82) is 0 Å². The summed E-state index contributed by atoms with van der Waals surface area (Å²) < 4.78 is 10.9. The zero-order valence-corrected chi connectivity index (χ0v) is 6.88. The fourth-order valence-corrected chi connectivity index (χ4v) is 1.05. The highest BCUT2D eigenvalue weighted by Gasteiger charge is 2.35. The van der Waals surface area contributed by atoms with Crippen LogP contribution in [-0.2, 0) is 9.47 Å². The molecule has 2 nitrogen and oxygen atoms in total. The molecule has 0 aliphatic carbocycles. The quantitative estimate of drug-likeness (QED) is 0.578. The normalized spacial score (nSPS) is 28.3. The molecule has 0 aromatic carbocycles. The first-order valence-electron chi connectivity index (χ1n) is 3.85. The number of ether oxygens (including phenoxy) is 2. The summed E-state index contributed by atoms with van der Waals surface area (Å²) in [5, 5.41) is 0. The molecule has 0 amide bonds. The highest BCUT2D eigenvalue weighted by molar-refractivity contribution is 5.05. The van der Waals surface area contributed by atoms with E-state index in [1.165, 1.54) is 0 Å². The maximum absolute atomic E-state index is 5.54. The Morgan fingerprint density at radius 3 is 2.45 bits per heavy atom. The first-order valence-corrected chi connectivity index (χ1v) is 3.85. The summed E-state index contributed by atoms with van der Waals surface area (Å²) in [5.74, 6) is -0.722. The molecule has 1 unspecified atom stereocenters. The lowest BCUT2D eigenvalue weighted by Crippen LogP contribution is -2.24. The lowest BCUT2D eigenvalue weighted by molar-refractivity contribution is -0.0886. The SMILES string of the molecule is C=CC1(C=C)OCC(CC)O1. The van der Waals surface area contributed by atoms with Gasteiger partial charge in [0, 0.05) is 0 Å². The van der Waals surface area contributed by atoms with E-state index < -0.39 is 5.79 Å². The van der Waals surface area contributed by atoms with E-state index in [1.807, 2.05) is 0 Å². The van der Waals surface area contributed by atoms with Gasteiger partial charge in [0.1, 0.15) is 0 Å². The van der Waals surface area contributed by atoms with E-state index in [1.54, 1.807) is 12.2 Å². The van der Waals surface area contributed by atoms with Gasteiger partial charge >= 0.3 is 0 Å². The minimum Gasteiger partial charge on any atom is -0.340 e. The predicted octanol–water partition coefficient (Wildman–Crippen LogP) is 1.88. The van der Waals surface area contributed by atoms with Crippen molar-refractivity contribution < 1.29 is 9.47 Å². The molecule has 1 saturated heterocycles. The molecule has 1 aliphatic rings. The molecule has 0 radical (unpaired) electrons. The van der Waals surface area contributed by atoms with Gasteiger partial charge in [-0.2, -0.15) is 0 Å². The van der Waals surface area contributed by atoms with Crippen LogP contribution in [0, 0.1) is 0 Å². The molecule has 11 heavy (non-hydrogen) atoms. The topological polar surface area (TPSA) is 18.5 Å². The van der Waals surface area contributed by atoms with E-state index >= 15 is 0 Å². The largest absolute Gasteiger partial charge is 0.340 e. The van der Waals surface area contributed by atoms with Crippen LogP contribution in [0.1, 0.15) is 13.3 Å². The maximum Gasteiger partial charge on any atom is 0.207 e. The monoisotopic (exact) mass is 154 g/mol. The van der Waals surface area contributed by atoms with Gasteiger partial charge in [-0.25, -0.2) is 0 Å². The lowest BCUT2D eigenvalue weighted by Gasteiger charge is -2.18. The van der Waals surface area contributed by atoms with Crippen molar-refractivity contribution in [3.05, 3.63) is 25.3 Å². The smallest absolute Gasteiger partial charge is 0.207 e. The molecule has 1 heterocycles. The molecule has 0 bridgehead atoms. The Balaban J connectivity index is 2.61. The van der Waals surface area contributed by atoms with Gasteiger partial charge in [-0.1, -0.05) is 20.1 Å². The zero-order valence-electron chi connectivity index (χ0n) is 6.88. The Kier molecular flexibility index (Phi) is 2.47. The van der Waals surface area contributed by atoms with Gasteiger partial charge in [0.2, 0.25) is 5.79 Å². The van der Waals surface area contributed by atoms with Crippen LogP contribution in [0.3, 0.4) is 0 Å². The van der Waals surface area contributed by atoms with Crippen molar-refractivity contribution in [3.63, 3.8) is 0 Å². The van der Waals surface area contributed by atoms with Crippen molar-refractivity contribution >= 4 is 0 Å². The number of hydrogen-bond donors (Lipinski definition) is 0. The van der Waals surface area contributed by atoms with Crippen LogP contribution in [0.4, 0.5) is 0 Å². The molecule has 62 valence electrons. The van der Waals surface area contributed by atoms with Crippen LogP contribution in [0.25, 0.3) is 0 Å². The van der Waals surface area contributed by atoms with Crippen LogP contribution in [0.5, 0.6) is 0 Å². The average molecular weight is 154 g/mol. The summed E-state index contributed by atoms with van der Waals surface area (Å²) in [5.41, 5.74) is 0. The Labute approximate surface area is 67.5 Å². The van der Waals surface area contributed by atoms with Crippen LogP contribution in [-0.4, -0.2) is 18.5 Å². The van der Waals surface area contributed by atoms with Gasteiger partial charge in [0.25, 0.3) is 0 Å². The molecule has 1 rings (SSSR count). The zero-order chi connectivity index (χ0) is 8.32. The van der Waals surface area contributed by atoms with Crippen molar-refractivity contribution in [3.8, 4) is 0 Å². The van der Waals surface area contributed by atoms with Gasteiger partial charge in [-0.15, -0.1) is 0 Å². The van der Waals surface area contributed by atoms with E-state index in [0.29, 0.717) is 6.61 Å². The van der Waals surface area contributed by atoms with Gasteiger partial charge < -0.3 is 9.47 Å². The standard InChI is InChI=1S/C9H14O2/c1-4-8-7-10-9(5-2,6-3)11-8/h5-6,8H,2-4,7H2,1H3. The van der Waals surface area contributed by atoms with Gasteiger partial charge in [0.15, 0.2) is 0 Å². The summed E-state index contributed by atoms with van der Waals surface area (Å²) in [6.07, 6.45) is 4.42. The number of hydrogen-bond acceptors (Lipinski definition) is 2. The predicted molar refractivity (Wildman–Crippen MR) is 44.2 cm³/mol. The molecule has 1 atom stereocenters. The third-order valence-electron chi connectivity index (χ3n) is 1.87. The van der Waals surface area contributed by atoms with E-state index in [0.717, 1.165) is 6.42 Å². The third-order valence-corrected chi connectivity index (χ3v) is 1.87. The molecule has 0 saturated carbocycles. The fraction of sp³-hybridized carbons (Fsp3) is 0.556. The molecule has 0 N–H and O–H groups in total. The number of rotatable bonds is 3. The summed E-state index contributed by atoms with van der Waals surface area (Å²) in [6.45, 7) is 9.97. The fourth-order valence-electron chi connectivity index (χ4n) is 1.05. The Morgan fingerprint density at radius 1 is 1.55 bits per heavy atom. The Morgan fingerprint density at radius 2 is 2.18 bits per heavy atom. The first-order chi connectivity index (χ1) is 5.26. The van der Waals surface area contributed by atoms with Gasteiger partial charge in [-0.05, 0) is 18.6 Å². The molecule has 1 aliphatic heterocycles. The third kappa shape index (κ3) is 1.52. The highest BCUT2D eigenvalue weighted by Crippen LogP contribution is 2.26. The van der Waals surface area contributed by atoms with Crippen molar-refractivity contribution in [2.75, 3.05) is 6.61 Å². The lowest BCUT2D eigenvalue weighted by atomic mass is 10.3. The molecule has 1 fully saturated rings. The van der Waals surface area contributed by atoms with Crippen LogP contribution >= 0.6 is 0 Å². The van der Waals surface area contributed by atoms with Gasteiger partial charge in [-0.3, -0.25) is 0 Å². The first kappa shape index (κ1) is 8.50. The van der Waals surface area contributed by atoms with Crippen LogP contribution in [0.2, 0.25) is 0 Å². The Hall–Kier alpha value is -0.600. The average Bonchev–Trinajstić information content (AvgIpc) is 2.49. The molecule has 2 heteroatoms. The second-order valence-electron chi connectivity index (χ2n) is 2.59. The summed E-state index contributed by atoms with van der Waals surface area (Å²) in [7, 11) is 0. The minimum atomic E-state index is -0.722. The highest BCUT2D eigenvalue weighted by atomic mass is 16.7. The summed E-state index contributed by atoms with van der Waals surface area (Å²) >= 11 is 0. The molecular weight excluding hydrogens is 140 g/mol. The maximum atomic E-state index is 5.54. The van der Waals surface area contributed by atoms with E-state index in [9.17, 15) is 0 Å². The summed E-state index contributed by atoms with van der Waals surface area (Å²) in [4.78, 5) is 0. The van der Waals surface area contributed by atoms with E-state index in [2.05, 4.69) is 20.1 Å². The second kappa shape index (κ2) is 3.20. The van der Waals surface area contributed by atoms with Crippen molar-refractivity contribution in [2.45, 2.75) is 25.2 Å². The van der Waals surface area contributed by atoms with E-state index in [4.69, 9.17) is 9.47 Å².